The van der Waals surface area contributed by atoms with Crippen molar-refractivity contribution in [2.75, 3.05) is 14.2 Å². The first-order valence-electron chi connectivity index (χ1n) is 6.49. The number of carbonyl (C=O) groups excluding carboxylic acids is 1. The Balaban J connectivity index is 2.62. The van der Waals surface area contributed by atoms with Gasteiger partial charge in [-0.05, 0) is 18.6 Å². The monoisotopic (exact) mass is 296 g/mol. The van der Waals surface area contributed by atoms with E-state index in [1.54, 1.807) is 32.2 Å². The Hall–Kier alpha value is -2.44. The summed E-state index contributed by atoms with van der Waals surface area (Å²) in [6.45, 7) is 1.90. The fraction of sp³-hybridized carbons (Fsp3) is 0.429. The second-order valence-electron chi connectivity index (χ2n) is 4.30. The lowest BCUT2D eigenvalue weighted by Gasteiger charge is -2.14. The summed E-state index contributed by atoms with van der Waals surface area (Å²) >= 11 is 0. The number of rotatable bonds is 7. The molecule has 0 aliphatic carbocycles. The van der Waals surface area contributed by atoms with Gasteiger partial charge in [0, 0.05) is 18.2 Å². The third kappa shape index (κ3) is 4.87. The van der Waals surface area contributed by atoms with Crippen LogP contribution in [0.25, 0.3) is 0 Å². The van der Waals surface area contributed by atoms with Gasteiger partial charge in [0.2, 0.25) is 0 Å². The van der Waals surface area contributed by atoms with Gasteiger partial charge in [0.1, 0.15) is 17.5 Å². The van der Waals surface area contributed by atoms with E-state index in [0.717, 1.165) is 5.56 Å². The SMILES string of the molecule is CC[C@H](NC(=O)NCc1ccc(OC)cc1OC)C(=O)O. The first kappa shape index (κ1) is 16.6. The maximum Gasteiger partial charge on any atom is 0.326 e. The molecule has 0 heterocycles. The van der Waals surface area contributed by atoms with Gasteiger partial charge in [0.25, 0.3) is 0 Å². The molecule has 0 saturated heterocycles. The summed E-state index contributed by atoms with van der Waals surface area (Å²) in [4.78, 5) is 22.5. The van der Waals surface area contributed by atoms with Gasteiger partial charge in [-0.15, -0.1) is 0 Å². The van der Waals surface area contributed by atoms with Crippen LogP contribution in [-0.4, -0.2) is 37.4 Å². The van der Waals surface area contributed by atoms with Gasteiger partial charge in [0.05, 0.1) is 14.2 Å². The molecule has 0 aromatic heterocycles. The Kier molecular flexibility index (Phi) is 6.32. The van der Waals surface area contributed by atoms with E-state index in [-0.39, 0.29) is 6.54 Å². The molecule has 1 aromatic carbocycles. The number of urea groups is 1. The lowest BCUT2D eigenvalue weighted by atomic mass is 10.2. The number of methoxy groups -OCH3 is 2. The summed E-state index contributed by atoms with van der Waals surface area (Å²) in [7, 11) is 3.08. The smallest absolute Gasteiger partial charge is 0.326 e. The van der Waals surface area contributed by atoms with Gasteiger partial charge < -0.3 is 25.2 Å². The van der Waals surface area contributed by atoms with Crippen molar-refractivity contribution in [2.24, 2.45) is 0 Å². The molecule has 3 N–H and O–H groups in total. The van der Waals surface area contributed by atoms with E-state index in [1.807, 2.05) is 0 Å². The molecule has 7 nitrogen and oxygen atoms in total. The molecule has 0 spiro atoms. The predicted molar refractivity (Wildman–Crippen MR) is 76.6 cm³/mol. The van der Waals surface area contributed by atoms with Gasteiger partial charge in [-0.3, -0.25) is 0 Å². The van der Waals surface area contributed by atoms with Crippen molar-refractivity contribution in [2.45, 2.75) is 25.9 Å². The zero-order chi connectivity index (χ0) is 15.8. The van der Waals surface area contributed by atoms with Crippen LogP contribution in [0.1, 0.15) is 18.9 Å². The first-order chi connectivity index (χ1) is 10.0. The summed E-state index contributed by atoms with van der Waals surface area (Å²) in [5, 5.41) is 13.8. The van der Waals surface area contributed by atoms with Gasteiger partial charge in [-0.25, -0.2) is 9.59 Å². The zero-order valence-electron chi connectivity index (χ0n) is 12.3. The Labute approximate surface area is 123 Å². The van der Waals surface area contributed by atoms with Crippen molar-refractivity contribution in [3.05, 3.63) is 23.8 Å². The highest BCUT2D eigenvalue weighted by molar-refractivity contribution is 5.82. The molecule has 1 aromatic rings. The topological polar surface area (TPSA) is 96.9 Å². The fourth-order valence-electron chi connectivity index (χ4n) is 1.72. The van der Waals surface area contributed by atoms with E-state index in [9.17, 15) is 9.59 Å². The highest BCUT2D eigenvalue weighted by atomic mass is 16.5. The van der Waals surface area contributed by atoms with Gasteiger partial charge in [0.15, 0.2) is 0 Å². The van der Waals surface area contributed by atoms with Crippen molar-refractivity contribution >= 4 is 12.0 Å². The molecule has 21 heavy (non-hydrogen) atoms. The molecule has 0 aliphatic rings. The van der Waals surface area contributed by atoms with Crippen LogP contribution >= 0.6 is 0 Å². The highest BCUT2D eigenvalue weighted by Crippen LogP contribution is 2.24. The minimum Gasteiger partial charge on any atom is -0.497 e. The van der Waals surface area contributed by atoms with Crippen molar-refractivity contribution in [1.82, 2.24) is 10.6 Å². The third-order valence-electron chi connectivity index (χ3n) is 2.95. The Bertz CT molecular complexity index is 504. The van der Waals surface area contributed by atoms with Crippen molar-refractivity contribution in [3.63, 3.8) is 0 Å². The summed E-state index contributed by atoms with van der Waals surface area (Å²) in [5.74, 6) is 0.173. The van der Waals surface area contributed by atoms with Crippen LogP contribution in [0.3, 0.4) is 0 Å². The van der Waals surface area contributed by atoms with Crippen LogP contribution in [-0.2, 0) is 11.3 Å². The fourth-order valence-corrected chi connectivity index (χ4v) is 1.72. The number of aliphatic carboxylic acids is 1. The number of carboxylic acids is 1. The molecule has 2 amide bonds. The number of carboxylic acid groups (broad SMARTS) is 1. The predicted octanol–water partition coefficient (Wildman–Crippen LogP) is 1.37. The summed E-state index contributed by atoms with van der Waals surface area (Å²) in [6, 6.07) is 3.79. The quantitative estimate of drug-likeness (QED) is 0.706. The van der Waals surface area contributed by atoms with E-state index >= 15 is 0 Å². The normalized spacial score (nSPS) is 11.4. The van der Waals surface area contributed by atoms with Crippen molar-refractivity contribution in [1.29, 1.82) is 0 Å². The number of benzene rings is 1. The molecule has 0 radical (unpaired) electrons. The summed E-state index contributed by atoms with van der Waals surface area (Å²) in [5.41, 5.74) is 0.761. The van der Waals surface area contributed by atoms with Crippen LogP contribution in [0.15, 0.2) is 18.2 Å². The third-order valence-corrected chi connectivity index (χ3v) is 2.95. The number of nitrogens with one attached hydrogen (secondary N) is 2. The zero-order valence-corrected chi connectivity index (χ0v) is 12.3. The van der Waals surface area contributed by atoms with Crippen molar-refractivity contribution < 1.29 is 24.2 Å². The van der Waals surface area contributed by atoms with E-state index in [1.165, 1.54) is 7.11 Å². The average Bonchev–Trinajstić information content (AvgIpc) is 2.49. The van der Waals surface area contributed by atoms with Crippen LogP contribution in [0.5, 0.6) is 11.5 Å². The number of ether oxygens (including phenoxy) is 2. The van der Waals surface area contributed by atoms with E-state index < -0.39 is 18.0 Å². The van der Waals surface area contributed by atoms with Crippen LogP contribution in [0.2, 0.25) is 0 Å². The highest BCUT2D eigenvalue weighted by Gasteiger charge is 2.17. The van der Waals surface area contributed by atoms with Crippen LogP contribution in [0.4, 0.5) is 4.79 Å². The Morgan fingerprint density at radius 2 is 2.00 bits per heavy atom. The number of amides is 2. The maximum atomic E-state index is 11.7. The maximum absolute atomic E-state index is 11.7. The van der Waals surface area contributed by atoms with E-state index in [0.29, 0.717) is 17.9 Å². The Morgan fingerprint density at radius 3 is 2.52 bits per heavy atom. The number of carbonyl (C=O) groups is 2. The molecule has 116 valence electrons. The minimum absolute atomic E-state index is 0.217. The van der Waals surface area contributed by atoms with Gasteiger partial charge in [-0.1, -0.05) is 6.92 Å². The molecule has 0 fully saturated rings. The largest absolute Gasteiger partial charge is 0.497 e. The summed E-state index contributed by atoms with van der Waals surface area (Å²) in [6.07, 6.45) is 0.314. The summed E-state index contributed by atoms with van der Waals surface area (Å²) < 4.78 is 10.3. The van der Waals surface area contributed by atoms with Crippen LogP contribution in [0, 0.1) is 0 Å². The molecule has 0 unspecified atom stereocenters. The van der Waals surface area contributed by atoms with E-state index in [2.05, 4.69) is 10.6 Å². The lowest BCUT2D eigenvalue weighted by Crippen LogP contribution is -2.45. The van der Waals surface area contributed by atoms with Crippen molar-refractivity contribution in [3.8, 4) is 11.5 Å². The number of hydrogen-bond donors (Lipinski definition) is 3. The molecule has 1 rings (SSSR count). The molecular weight excluding hydrogens is 276 g/mol. The Morgan fingerprint density at radius 1 is 1.29 bits per heavy atom. The second-order valence-corrected chi connectivity index (χ2v) is 4.30. The second kappa shape index (κ2) is 7.98. The average molecular weight is 296 g/mol. The van der Waals surface area contributed by atoms with E-state index in [4.69, 9.17) is 14.6 Å². The molecule has 0 aliphatic heterocycles. The minimum atomic E-state index is -1.06. The lowest BCUT2D eigenvalue weighted by molar-refractivity contribution is -0.139. The van der Waals surface area contributed by atoms with Crippen LogP contribution < -0.4 is 20.1 Å². The number of hydrogen-bond acceptors (Lipinski definition) is 4. The molecular formula is C14H20N2O5. The standard InChI is InChI=1S/C14H20N2O5/c1-4-11(13(17)18)16-14(19)15-8-9-5-6-10(20-2)7-12(9)21-3/h5-7,11H,4,8H2,1-3H3,(H,17,18)(H2,15,16,19)/t11-/m0/s1. The molecule has 0 bridgehead atoms. The van der Waals surface area contributed by atoms with Gasteiger partial charge in [-0.2, -0.15) is 0 Å². The molecule has 7 heteroatoms. The first-order valence-corrected chi connectivity index (χ1v) is 6.49. The van der Waals surface area contributed by atoms with Gasteiger partial charge >= 0.3 is 12.0 Å². The molecule has 0 saturated carbocycles. The molecule has 1 atom stereocenters.